The first-order valence-corrected chi connectivity index (χ1v) is 9.37. The van der Waals surface area contributed by atoms with Crippen LogP contribution in [-0.2, 0) is 24.0 Å². The number of alkyl halides is 3. The van der Waals surface area contributed by atoms with Gasteiger partial charge in [-0.1, -0.05) is 23.7 Å². The smallest absolute Gasteiger partial charge is 0.364 e. The molecule has 1 unspecified atom stereocenters. The van der Waals surface area contributed by atoms with Crippen LogP contribution in [0.25, 0.3) is 11.3 Å². The van der Waals surface area contributed by atoms with Crippen LogP contribution in [0.2, 0.25) is 5.02 Å². The molecule has 3 aromatic rings. The Morgan fingerprint density at radius 3 is 2.43 bits per heavy atom. The van der Waals surface area contributed by atoms with Crippen molar-refractivity contribution in [3.8, 4) is 11.3 Å². The number of halogens is 4. The van der Waals surface area contributed by atoms with Crippen LogP contribution in [0.4, 0.5) is 13.2 Å². The molecule has 0 saturated carbocycles. The molecule has 0 bridgehead atoms. The van der Waals surface area contributed by atoms with Crippen LogP contribution >= 0.6 is 11.6 Å². The molecule has 3 rings (SSSR count). The van der Waals surface area contributed by atoms with Gasteiger partial charge < -0.3 is 14.4 Å². The molecule has 2 aromatic heterocycles. The predicted molar refractivity (Wildman–Crippen MR) is 105 cm³/mol. The molecule has 1 aromatic carbocycles. The number of nitrogens with zero attached hydrogens (tertiary/aromatic N) is 3. The van der Waals surface area contributed by atoms with Gasteiger partial charge in [-0.05, 0) is 30.7 Å². The SMILES string of the molecule is CCn1c(Cn2ccc(C(F)(F)F)n2)cc(=O)c(C(O)OC)c1-c1ccc(Cl)cc1. The second kappa shape index (κ2) is 8.63. The molecule has 0 saturated heterocycles. The van der Waals surface area contributed by atoms with Gasteiger partial charge in [0.1, 0.15) is 0 Å². The molecule has 0 amide bonds. The van der Waals surface area contributed by atoms with E-state index in [1.165, 1.54) is 19.4 Å². The van der Waals surface area contributed by atoms with Crippen molar-refractivity contribution in [2.45, 2.75) is 32.5 Å². The first-order valence-electron chi connectivity index (χ1n) is 8.99. The van der Waals surface area contributed by atoms with Gasteiger partial charge in [0.15, 0.2) is 17.4 Å². The van der Waals surface area contributed by atoms with Gasteiger partial charge in [0, 0.05) is 36.6 Å². The maximum atomic E-state index is 12.9. The van der Waals surface area contributed by atoms with E-state index < -0.39 is 23.6 Å². The van der Waals surface area contributed by atoms with Gasteiger partial charge in [0.2, 0.25) is 0 Å². The van der Waals surface area contributed by atoms with Crippen LogP contribution in [0.3, 0.4) is 0 Å². The van der Waals surface area contributed by atoms with Crippen molar-refractivity contribution in [3.05, 3.63) is 74.8 Å². The third kappa shape index (κ3) is 4.43. The molecule has 0 aliphatic heterocycles. The summed E-state index contributed by atoms with van der Waals surface area (Å²) in [5, 5.41) is 14.3. The van der Waals surface area contributed by atoms with E-state index in [2.05, 4.69) is 5.10 Å². The van der Waals surface area contributed by atoms with Crippen molar-refractivity contribution in [1.29, 1.82) is 0 Å². The summed E-state index contributed by atoms with van der Waals surface area (Å²) in [6, 6.07) is 8.80. The lowest BCUT2D eigenvalue weighted by Gasteiger charge is -2.23. The van der Waals surface area contributed by atoms with Crippen molar-refractivity contribution < 1.29 is 23.0 Å². The lowest BCUT2D eigenvalue weighted by molar-refractivity contribution is -0.141. The standard InChI is InChI=1S/C20H19ClF3N3O3/c1-3-27-14(11-26-9-8-16(25-26)20(22,23)24)10-15(28)17(19(29)30-2)18(27)12-4-6-13(21)7-5-12/h4-10,19,29H,3,11H2,1-2H3. The van der Waals surface area contributed by atoms with Crippen LogP contribution in [-0.4, -0.2) is 26.6 Å². The molecule has 6 nitrogen and oxygen atoms in total. The van der Waals surface area contributed by atoms with E-state index in [0.717, 1.165) is 10.7 Å². The minimum atomic E-state index is -4.56. The number of ether oxygens (including phenoxy) is 1. The van der Waals surface area contributed by atoms with Gasteiger partial charge in [-0.25, -0.2) is 0 Å². The van der Waals surface area contributed by atoms with Crippen LogP contribution in [0.1, 0.15) is 30.2 Å². The van der Waals surface area contributed by atoms with Gasteiger partial charge in [0.05, 0.1) is 17.8 Å². The van der Waals surface area contributed by atoms with E-state index in [-0.39, 0.29) is 12.1 Å². The van der Waals surface area contributed by atoms with Gasteiger partial charge in [-0.3, -0.25) is 9.48 Å². The zero-order chi connectivity index (χ0) is 22.1. The number of hydrogen-bond donors (Lipinski definition) is 1. The molecule has 0 fully saturated rings. The maximum absolute atomic E-state index is 12.9. The van der Waals surface area contributed by atoms with Gasteiger partial charge in [-0.15, -0.1) is 0 Å². The van der Waals surface area contributed by atoms with Crippen LogP contribution in [0.15, 0.2) is 47.4 Å². The van der Waals surface area contributed by atoms with E-state index in [1.807, 2.05) is 6.92 Å². The van der Waals surface area contributed by atoms with Gasteiger partial charge in [-0.2, -0.15) is 18.3 Å². The molecule has 1 N–H and O–H groups in total. The van der Waals surface area contributed by atoms with Crippen LogP contribution in [0, 0.1) is 0 Å². The van der Waals surface area contributed by atoms with Gasteiger partial charge >= 0.3 is 6.18 Å². The third-order valence-electron chi connectivity index (χ3n) is 4.59. The predicted octanol–water partition coefficient (Wildman–Crippen LogP) is 4.09. The number of aliphatic hydroxyl groups excluding tert-OH is 1. The highest BCUT2D eigenvalue weighted by molar-refractivity contribution is 6.30. The molecular weight excluding hydrogens is 423 g/mol. The first kappa shape index (κ1) is 22.1. The summed E-state index contributed by atoms with van der Waals surface area (Å²) in [6.45, 7) is 2.13. The molecule has 2 heterocycles. The molecule has 0 aliphatic rings. The van der Waals surface area contributed by atoms with E-state index >= 15 is 0 Å². The summed E-state index contributed by atoms with van der Waals surface area (Å²) < 4.78 is 46.4. The van der Waals surface area contributed by atoms with Crippen LogP contribution in [0.5, 0.6) is 0 Å². The average Bonchev–Trinajstić information content (AvgIpc) is 3.17. The van der Waals surface area contributed by atoms with Gasteiger partial charge in [0.25, 0.3) is 0 Å². The Morgan fingerprint density at radius 2 is 1.90 bits per heavy atom. The number of methoxy groups -OCH3 is 1. The lowest BCUT2D eigenvalue weighted by Crippen LogP contribution is -2.24. The number of hydrogen-bond acceptors (Lipinski definition) is 4. The Bertz CT molecular complexity index is 1090. The number of aromatic nitrogens is 3. The Hall–Kier alpha value is -2.62. The normalized spacial score (nSPS) is 12.9. The number of aliphatic hydroxyl groups is 1. The molecule has 1 atom stereocenters. The summed E-state index contributed by atoms with van der Waals surface area (Å²) in [5.74, 6) is 0. The lowest BCUT2D eigenvalue weighted by atomic mass is 10.0. The molecular formula is C20H19ClF3N3O3. The molecule has 160 valence electrons. The third-order valence-corrected chi connectivity index (χ3v) is 4.85. The zero-order valence-electron chi connectivity index (χ0n) is 16.2. The highest BCUT2D eigenvalue weighted by Crippen LogP contribution is 2.30. The zero-order valence-corrected chi connectivity index (χ0v) is 16.9. The number of benzene rings is 1. The van der Waals surface area contributed by atoms with Crippen molar-refractivity contribution in [1.82, 2.24) is 14.3 Å². The summed E-state index contributed by atoms with van der Waals surface area (Å²) >= 11 is 5.97. The molecule has 30 heavy (non-hydrogen) atoms. The number of rotatable bonds is 6. The summed E-state index contributed by atoms with van der Waals surface area (Å²) in [7, 11) is 1.27. The highest BCUT2D eigenvalue weighted by atomic mass is 35.5. The summed E-state index contributed by atoms with van der Waals surface area (Å²) in [5.41, 5.74) is -0.0652. The fourth-order valence-electron chi connectivity index (χ4n) is 3.25. The summed E-state index contributed by atoms with van der Waals surface area (Å²) in [4.78, 5) is 12.8. The van der Waals surface area contributed by atoms with Crippen LogP contribution < -0.4 is 5.43 Å². The van der Waals surface area contributed by atoms with E-state index in [0.29, 0.717) is 28.5 Å². The van der Waals surface area contributed by atoms with E-state index in [4.69, 9.17) is 16.3 Å². The second-order valence-corrected chi connectivity index (χ2v) is 6.93. The van der Waals surface area contributed by atoms with Crippen molar-refractivity contribution in [3.63, 3.8) is 0 Å². The fraction of sp³-hybridized carbons (Fsp3) is 0.300. The number of pyridine rings is 1. The largest absolute Gasteiger partial charge is 0.435 e. The monoisotopic (exact) mass is 441 g/mol. The second-order valence-electron chi connectivity index (χ2n) is 6.50. The first-order chi connectivity index (χ1) is 14.2. The van der Waals surface area contributed by atoms with E-state index in [1.54, 1.807) is 28.8 Å². The Morgan fingerprint density at radius 1 is 1.23 bits per heavy atom. The maximum Gasteiger partial charge on any atom is 0.435 e. The quantitative estimate of drug-likeness (QED) is 0.585. The van der Waals surface area contributed by atoms with Crippen molar-refractivity contribution in [2.24, 2.45) is 0 Å². The average molecular weight is 442 g/mol. The van der Waals surface area contributed by atoms with Crippen molar-refractivity contribution in [2.75, 3.05) is 7.11 Å². The van der Waals surface area contributed by atoms with E-state index in [9.17, 15) is 23.1 Å². The molecule has 0 aliphatic carbocycles. The Labute approximate surface area is 175 Å². The molecule has 0 radical (unpaired) electrons. The fourth-order valence-corrected chi connectivity index (χ4v) is 3.37. The minimum Gasteiger partial charge on any atom is -0.364 e. The highest BCUT2D eigenvalue weighted by Gasteiger charge is 2.33. The summed E-state index contributed by atoms with van der Waals surface area (Å²) in [6.07, 6.45) is -4.83. The molecule has 10 heteroatoms. The Balaban J connectivity index is 2.18. The van der Waals surface area contributed by atoms with Crippen molar-refractivity contribution >= 4 is 11.6 Å². The molecule has 0 spiro atoms. The minimum absolute atomic E-state index is 0.0295. The topological polar surface area (TPSA) is 69.3 Å². The Kier molecular flexibility index (Phi) is 6.35.